The van der Waals surface area contributed by atoms with Gasteiger partial charge in [-0.25, -0.2) is 9.97 Å². The molecule has 3 aromatic heterocycles. The number of hydrogen-bond donors (Lipinski definition) is 1. The maximum absolute atomic E-state index is 13.3. The summed E-state index contributed by atoms with van der Waals surface area (Å²) in [6.45, 7) is 3.76. The highest BCUT2D eigenvalue weighted by Crippen LogP contribution is 2.40. The molecular formula is C22H24N4O2S. The molecule has 1 aliphatic heterocycles. The van der Waals surface area contributed by atoms with Crippen LogP contribution in [0.5, 0.6) is 0 Å². The number of aromatic amines is 1. The molecule has 150 valence electrons. The quantitative estimate of drug-likeness (QED) is 0.636. The molecule has 0 bridgehead atoms. The first kappa shape index (κ1) is 18.5. The number of carbonyl (C=O) groups excluding carboxylic acids is 2. The van der Waals surface area contributed by atoms with Gasteiger partial charge in [-0.1, -0.05) is 26.2 Å². The molecule has 1 aliphatic carbocycles. The second kappa shape index (κ2) is 7.06. The predicted molar refractivity (Wildman–Crippen MR) is 113 cm³/mol. The van der Waals surface area contributed by atoms with Crippen molar-refractivity contribution >= 4 is 34.2 Å². The van der Waals surface area contributed by atoms with Crippen molar-refractivity contribution in [2.45, 2.75) is 45.4 Å². The molecule has 0 atom stereocenters. The van der Waals surface area contributed by atoms with Crippen LogP contribution in [0.25, 0.3) is 21.7 Å². The van der Waals surface area contributed by atoms with E-state index >= 15 is 0 Å². The lowest BCUT2D eigenvalue weighted by Gasteiger charge is -2.31. The lowest BCUT2D eigenvalue weighted by Crippen LogP contribution is -2.41. The molecule has 1 N–H and O–H groups in total. The van der Waals surface area contributed by atoms with Crippen LogP contribution in [-0.4, -0.2) is 44.6 Å². The highest BCUT2D eigenvalue weighted by Gasteiger charge is 2.36. The number of rotatable bonds is 4. The van der Waals surface area contributed by atoms with E-state index in [0.717, 1.165) is 54.9 Å². The minimum absolute atomic E-state index is 0.0873. The van der Waals surface area contributed by atoms with Gasteiger partial charge in [-0.3, -0.25) is 9.59 Å². The van der Waals surface area contributed by atoms with Crippen molar-refractivity contribution in [3.63, 3.8) is 0 Å². The summed E-state index contributed by atoms with van der Waals surface area (Å²) < 4.78 is 0. The molecule has 3 aromatic rings. The van der Waals surface area contributed by atoms with Crippen molar-refractivity contribution in [2.75, 3.05) is 13.1 Å². The summed E-state index contributed by atoms with van der Waals surface area (Å²) in [5.41, 5.74) is 2.28. The van der Waals surface area contributed by atoms with Crippen molar-refractivity contribution in [1.82, 2.24) is 19.9 Å². The fourth-order valence-electron chi connectivity index (χ4n) is 4.33. The van der Waals surface area contributed by atoms with Crippen LogP contribution in [0.4, 0.5) is 0 Å². The van der Waals surface area contributed by atoms with Gasteiger partial charge in [0.15, 0.2) is 11.4 Å². The highest BCUT2D eigenvalue weighted by atomic mass is 32.1. The predicted octanol–water partition coefficient (Wildman–Crippen LogP) is 4.69. The third-order valence-electron chi connectivity index (χ3n) is 6.34. The zero-order valence-electron chi connectivity index (χ0n) is 16.5. The van der Waals surface area contributed by atoms with Gasteiger partial charge in [0.05, 0.1) is 27.2 Å². The smallest absolute Gasteiger partial charge is 0.263 e. The fourth-order valence-corrected chi connectivity index (χ4v) is 5.26. The van der Waals surface area contributed by atoms with Gasteiger partial charge in [-0.05, 0) is 31.4 Å². The van der Waals surface area contributed by atoms with Crippen LogP contribution in [-0.2, 0) is 0 Å². The van der Waals surface area contributed by atoms with Crippen molar-refractivity contribution in [3.05, 3.63) is 35.0 Å². The number of carbonyl (C=O) groups is 2. The van der Waals surface area contributed by atoms with Crippen molar-refractivity contribution in [1.29, 1.82) is 0 Å². The Bertz CT molecular complexity index is 1090. The van der Waals surface area contributed by atoms with Crippen LogP contribution >= 0.6 is 11.3 Å². The number of H-pyrrole nitrogens is 1. The summed E-state index contributed by atoms with van der Waals surface area (Å²) in [7, 11) is 0. The van der Waals surface area contributed by atoms with E-state index in [-0.39, 0.29) is 17.1 Å². The van der Waals surface area contributed by atoms with Crippen LogP contribution in [0, 0.1) is 5.41 Å². The molecule has 0 radical (unpaired) electrons. The van der Waals surface area contributed by atoms with E-state index in [0.29, 0.717) is 22.4 Å². The number of nitrogens with zero attached hydrogens (tertiary/aromatic N) is 3. The average Bonchev–Trinajstić information content (AvgIpc) is 3.33. The van der Waals surface area contributed by atoms with Crippen LogP contribution in [0.1, 0.15) is 65.5 Å². The summed E-state index contributed by atoms with van der Waals surface area (Å²) in [5.74, 6) is 0.249. The monoisotopic (exact) mass is 408 g/mol. The SMILES string of the molecule is CC1(C(=O)c2c[nH]c3ncc(-c4ccc(C(=O)N5CCC5)s4)nc23)CCCCC1. The van der Waals surface area contributed by atoms with Crippen LogP contribution < -0.4 is 0 Å². The largest absolute Gasteiger partial charge is 0.344 e. The third kappa shape index (κ3) is 3.17. The molecule has 29 heavy (non-hydrogen) atoms. The van der Waals surface area contributed by atoms with E-state index < -0.39 is 0 Å². The summed E-state index contributed by atoms with van der Waals surface area (Å²) in [6.07, 6.45) is 9.81. The van der Waals surface area contributed by atoms with Gasteiger partial charge in [0.1, 0.15) is 5.52 Å². The van der Waals surface area contributed by atoms with Gasteiger partial charge in [-0.2, -0.15) is 0 Å². The Hall–Kier alpha value is -2.54. The van der Waals surface area contributed by atoms with Crippen LogP contribution in [0.2, 0.25) is 0 Å². The Kier molecular flexibility index (Phi) is 4.50. The normalized spacial score (nSPS) is 18.6. The number of Topliss-reactive ketones (excluding diaryl/α,β-unsaturated/α-hetero) is 1. The number of thiophene rings is 1. The zero-order valence-corrected chi connectivity index (χ0v) is 17.3. The number of fused-ring (bicyclic) bond motifs is 1. The maximum Gasteiger partial charge on any atom is 0.263 e. The van der Waals surface area contributed by atoms with Gasteiger partial charge in [-0.15, -0.1) is 11.3 Å². The second-order valence-electron chi connectivity index (χ2n) is 8.41. The number of nitrogens with one attached hydrogen (secondary N) is 1. The molecule has 0 spiro atoms. The van der Waals surface area contributed by atoms with E-state index in [1.54, 1.807) is 12.4 Å². The van der Waals surface area contributed by atoms with E-state index in [1.807, 2.05) is 17.0 Å². The molecule has 2 fully saturated rings. The number of aromatic nitrogens is 3. The van der Waals surface area contributed by atoms with Crippen molar-refractivity contribution in [2.24, 2.45) is 5.41 Å². The van der Waals surface area contributed by atoms with E-state index in [4.69, 9.17) is 4.98 Å². The molecule has 5 rings (SSSR count). The summed E-state index contributed by atoms with van der Waals surface area (Å²) in [6, 6.07) is 3.78. The molecule has 2 aliphatic rings. The first-order valence-electron chi connectivity index (χ1n) is 10.3. The Morgan fingerprint density at radius 3 is 2.66 bits per heavy atom. The summed E-state index contributed by atoms with van der Waals surface area (Å²) in [4.78, 5) is 41.6. The lowest BCUT2D eigenvalue weighted by atomic mass is 9.71. The molecule has 7 heteroatoms. The number of ketones is 1. The lowest BCUT2D eigenvalue weighted by molar-refractivity contribution is 0.0656. The number of likely N-dealkylation sites (tertiary alicyclic amines) is 1. The first-order chi connectivity index (χ1) is 14.0. The first-order valence-corrected chi connectivity index (χ1v) is 11.2. The topological polar surface area (TPSA) is 79.0 Å². The van der Waals surface area contributed by atoms with Gasteiger partial charge >= 0.3 is 0 Å². The van der Waals surface area contributed by atoms with Crippen molar-refractivity contribution in [3.8, 4) is 10.6 Å². The Morgan fingerprint density at radius 2 is 1.93 bits per heavy atom. The molecule has 6 nitrogen and oxygen atoms in total. The van der Waals surface area contributed by atoms with E-state index in [1.165, 1.54) is 17.8 Å². The minimum atomic E-state index is -0.315. The molecule has 1 saturated carbocycles. The number of hydrogen-bond acceptors (Lipinski definition) is 5. The third-order valence-corrected chi connectivity index (χ3v) is 7.44. The van der Waals surface area contributed by atoms with Gasteiger partial charge in [0.25, 0.3) is 5.91 Å². The maximum atomic E-state index is 13.3. The Balaban J connectivity index is 1.47. The molecule has 4 heterocycles. The van der Waals surface area contributed by atoms with E-state index in [2.05, 4.69) is 16.9 Å². The molecule has 0 aromatic carbocycles. The average molecular weight is 409 g/mol. The standard InChI is InChI=1S/C22H24N4O2S/c1-22(8-3-2-4-9-22)19(27)14-12-23-20-18(14)25-15(13-24-20)16-6-7-17(29-16)21(28)26-10-5-11-26/h6-7,12-13H,2-5,8-11H2,1H3,(H,23,24). The Labute approximate surface area is 173 Å². The molecular weight excluding hydrogens is 384 g/mol. The molecule has 1 amide bonds. The highest BCUT2D eigenvalue weighted by molar-refractivity contribution is 7.17. The van der Waals surface area contributed by atoms with Gasteiger partial charge in [0, 0.05) is 24.7 Å². The van der Waals surface area contributed by atoms with Crippen molar-refractivity contribution < 1.29 is 9.59 Å². The minimum Gasteiger partial charge on any atom is -0.344 e. The molecule has 0 unspecified atom stereocenters. The second-order valence-corrected chi connectivity index (χ2v) is 9.50. The van der Waals surface area contributed by atoms with Crippen LogP contribution in [0.3, 0.4) is 0 Å². The number of amides is 1. The molecule has 1 saturated heterocycles. The van der Waals surface area contributed by atoms with Crippen LogP contribution in [0.15, 0.2) is 24.5 Å². The van der Waals surface area contributed by atoms with Gasteiger partial charge < -0.3 is 9.88 Å². The summed E-state index contributed by atoms with van der Waals surface area (Å²) >= 11 is 1.44. The fraction of sp³-hybridized carbons (Fsp3) is 0.455. The van der Waals surface area contributed by atoms with Gasteiger partial charge in [0.2, 0.25) is 0 Å². The summed E-state index contributed by atoms with van der Waals surface area (Å²) in [5, 5.41) is 0. The zero-order chi connectivity index (χ0) is 20.0. The Morgan fingerprint density at radius 1 is 1.14 bits per heavy atom. The van der Waals surface area contributed by atoms with E-state index in [9.17, 15) is 9.59 Å².